The topological polar surface area (TPSA) is 76.5 Å². The summed E-state index contributed by atoms with van der Waals surface area (Å²) in [6, 6.07) is 17.6. The normalized spacial score (nSPS) is 16.7. The molecule has 1 aromatic heterocycles. The number of hydrogen-bond donors (Lipinski definition) is 1. The zero-order valence-corrected chi connectivity index (χ0v) is 20.9. The predicted octanol–water partition coefficient (Wildman–Crippen LogP) is 5.34. The number of carbonyl (C=O) groups excluding carboxylic acids is 2. The van der Waals surface area contributed by atoms with E-state index in [1.165, 1.54) is 32.1 Å². The number of rotatable bonds is 6. The number of hydrogen-bond acceptors (Lipinski definition) is 4. The molecule has 7 heteroatoms. The Morgan fingerprint density at radius 1 is 1.00 bits per heavy atom. The smallest absolute Gasteiger partial charge is 0.251 e. The van der Waals surface area contributed by atoms with Crippen LogP contribution in [0.1, 0.15) is 67.3 Å². The number of amides is 2. The highest BCUT2D eigenvalue weighted by Gasteiger charge is 2.27. The zero-order valence-electron chi connectivity index (χ0n) is 20.9. The van der Waals surface area contributed by atoms with Gasteiger partial charge >= 0.3 is 0 Å². The van der Waals surface area contributed by atoms with E-state index in [-0.39, 0.29) is 17.9 Å². The van der Waals surface area contributed by atoms with E-state index in [4.69, 9.17) is 9.84 Å². The van der Waals surface area contributed by atoms with Crippen LogP contribution in [0.2, 0.25) is 0 Å². The first-order chi connectivity index (χ1) is 17.6. The second kappa shape index (κ2) is 11.0. The number of ether oxygens (including phenoxy) is 1. The summed E-state index contributed by atoms with van der Waals surface area (Å²) >= 11 is 0. The maximum atomic E-state index is 12.8. The van der Waals surface area contributed by atoms with Crippen LogP contribution < -0.4 is 15.0 Å². The molecule has 1 fully saturated rings. The van der Waals surface area contributed by atoms with E-state index in [0.29, 0.717) is 25.1 Å². The number of anilines is 1. The summed E-state index contributed by atoms with van der Waals surface area (Å²) in [6.45, 7) is 1.01. The minimum Gasteiger partial charge on any atom is -0.497 e. The first-order valence-electron chi connectivity index (χ1n) is 13.0. The largest absolute Gasteiger partial charge is 0.497 e. The van der Waals surface area contributed by atoms with Crippen LogP contribution in [0.15, 0.2) is 54.6 Å². The van der Waals surface area contributed by atoms with Gasteiger partial charge in [-0.3, -0.25) is 14.5 Å². The molecular weight excluding hydrogens is 452 g/mol. The van der Waals surface area contributed by atoms with Gasteiger partial charge in [-0.2, -0.15) is 5.10 Å². The van der Waals surface area contributed by atoms with E-state index < -0.39 is 0 Å². The molecule has 1 aliphatic carbocycles. The second-order valence-corrected chi connectivity index (χ2v) is 9.78. The van der Waals surface area contributed by atoms with Crippen molar-refractivity contribution in [3.8, 4) is 17.0 Å². The Balaban J connectivity index is 1.27. The number of fused-ring (bicyclic) bond motifs is 1. The van der Waals surface area contributed by atoms with Crippen molar-refractivity contribution in [3.63, 3.8) is 0 Å². The van der Waals surface area contributed by atoms with Crippen molar-refractivity contribution >= 4 is 17.6 Å². The highest BCUT2D eigenvalue weighted by molar-refractivity contribution is 5.95. The van der Waals surface area contributed by atoms with Gasteiger partial charge < -0.3 is 10.1 Å². The van der Waals surface area contributed by atoms with Crippen LogP contribution in [0, 0.1) is 0 Å². The molecule has 0 spiro atoms. The number of methoxy groups -OCH3 is 1. The van der Waals surface area contributed by atoms with E-state index in [9.17, 15) is 9.59 Å². The molecule has 0 saturated heterocycles. The quantitative estimate of drug-likeness (QED) is 0.510. The van der Waals surface area contributed by atoms with E-state index in [1.807, 2.05) is 59.3 Å². The first kappa shape index (κ1) is 24.1. The van der Waals surface area contributed by atoms with Crippen LogP contribution >= 0.6 is 0 Å². The third-order valence-electron chi connectivity index (χ3n) is 7.26. The highest BCUT2D eigenvalue weighted by Crippen LogP contribution is 2.30. The Morgan fingerprint density at radius 2 is 1.69 bits per heavy atom. The molecule has 0 atom stereocenters. The van der Waals surface area contributed by atoms with E-state index in [2.05, 4.69) is 5.32 Å². The van der Waals surface area contributed by atoms with Gasteiger partial charge in [-0.25, -0.2) is 4.68 Å². The molecule has 7 nitrogen and oxygen atoms in total. The minimum atomic E-state index is -0.0108. The molecule has 2 aromatic carbocycles. The average Bonchev–Trinajstić information content (AvgIpc) is 3.32. The van der Waals surface area contributed by atoms with Gasteiger partial charge in [-0.05, 0) is 54.8 Å². The van der Waals surface area contributed by atoms with Crippen LogP contribution in [0.25, 0.3) is 11.3 Å². The van der Waals surface area contributed by atoms with Crippen molar-refractivity contribution in [3.05, 3.63) is 65.7 Å². The van der Waals surface area contributed by atoms with Crippen LogP contribution in [-0.2, 0) is 17.9 Å². The molecule has 0 unspecified atom stereocenters. The summed E-state index contributed by atoms with van der Waals surface area (Å²) in [5, 5.41) is 7.96. The van der Waals surface area contributed by atoms with Crippen LogP contribution in [0.3, 0.4) is 0 Å². The lowest BCUT2D eigenvalue weighted by Crippen LogP contribution is -2.37. The molecule has 2 heterocycles. The third-order valence-corrected chi connectivity index (χ3v) is 7.26. The zero-order chi connectivity index (χ0) is 24.9. The maximum Gasteiger partial charge on any atom is 0.251 e. The van der Waals surface area contributed by atoms with Crippen molar-refractivity contribution < 1.29 is 14.3 Å². The van der Waals surface area contributed by atoms with Crippen LogP contribution in [0.4, 0.5) is 5.82 Å². The molecule has 188 valence electrons. The minimum absolute atomic E-state index is 0.0108. The van der Waals surface area contributed by atoms with Crippen molar-refractivity contribution in [2.75, 3.05) is 12.0 Å². The fourth-order valence-electron chi connectivity index (χ4n) is 5.14. The number of aryl methyl sites for hydroxylation is 1. The van der Waals surface area contributed by atoms with Crippen molar-refractivity contribution in [2.24, 2.45) is 0 Å². The number of aromatic nitrogens is 2. The Morgan fingerprint density at radius 3 is 2.39 bits per heavy atom. The summed E-state index contributed by atoms with van der Waals surface area (Å²) in [5.74, 6) is 1.66. The van der Waals surface area contributed by atoms with Crippen molar-refractivity contribution in [2.45, 2.75) is 70.5 Å². The van der Waals surface area contributed by atoms with Gasteiger partial charge in [0.15, 0.2) is 0 Å². The van der Waals surface area contributed by atoms with Gasteiger partial charge in [-0.15, -0.1) is 0 Å². The number of nitrogens with zero attached hydrogens (tertiary/aromatic N) is 3. The van der Waals surface area contributed by atoms with Crippen molar-refractivity contribution in [1.29, 1.82) is 0 Å². The Hall–Kier alpha value is -3.61. The Labute approximate surface area is 212 Å². The van der Waals surface area contributed by atoms with Crippen molar-refractivity contribution in [1.82, 2.24) is 15.1 Å². The van der Waals surface area contributed by atoms with Gasteiger partial charge in [0.05, 0.1) is 25.9 Å². The summed E-state index contributed by atoms with van der Waals surface area (Å²) < 4.78 is 7.15. The summed E-state index contributed by atoms with van der Waals surface area (Å²) in [7, 11) is 1.64. The highest BCUT2D eigenvalue weighted by atomic mass is 16.5. The summed E-state index contributed by atoms with van der Waals surface area (Å²) in [5.41, 5.74) is 3.45. The maximum absolute atomic E-state index is 12.8. The first-order valence-corrected chi connectivity index (χ1v) is 13.0. The van der Waals surface area contributed by atoms with Gasteiger partial charge in [-0.1, -0.05) is 44.2 Å². The van der Waals surface area contributed by atoms with Crippen LogP contribution in [-0.4, -0.2) is 34.7 Å². The molecular formula is C29H34N4O3. The lowest BCUT2D eigenvalue weighted by molar-refractivity contribution is -0.119. The molecule has 5 rings (SSSR count). The molecule has 0 radical (unpaired) electrons. The summed E-state index contributed by atoms with van der Waals surface area (Å²) in [6.07, 6.45) is 8.74. The summed E-state index contributed by atoms with van der Waals surface area (Å²) in [4.78, 5) is 27.4. The molecule has 0 bridgehead atoms. The molecule has 3 aromatic rings. The Bertz CT molecular complexity index is 1190. The SMILES string of the molecule is COc1ccc(-c2cc3n(n2)CCC(=O)N3Cc2ccc(C(=O)NC3CCCCCCC3)cc2)cc1. The molecule has 1 saturated carbocycles. The molecule has 36 heavy (non-hydrogen) atoms. The average molecular weight is 487 g/mol. The molecule has 1 N–H and O–H groups in total. The third kappa shape index (κ3) is 5.45. The van der Waals surface area contributed by atoms with E-state index in [0.717, 1.165) is 41.2 Å². The van der Waals surface area contributed by atoms with E-state index >= 15 is 0 Å². The second-order valence-electron chi connectivity index (χ2n) is 9.78. The van der Waals surface area contributed by atoms with Gasteiger partial charge in [0.1, 0.15) is 11.6 Å². The number of benzene rings is 2. The lowest BCUT2D eigenvalue weighted by atomic mass is 9.96. The standard InChI is InChI=1S/C29H34N4O3/c1-36-25-15-13-22(14-16-25)26-19-27-32(28(34)17-18-33(27)31-26)20-21-9-11-23(12-10-21)29(35)30-24-7-5-3-2-4-6-8-24/h9-16,19,24H,2-8,17-18,20H2,1H3,(H,30,35). The van der Waals surface area contributed by atoms with Gasteiger partial charge in [0, 0.05) is 29.7 Å². The predicted molar refractivity (Wildman–Crippen MR) is 140 cm³/mol. The van der Waals surface area contributed by atoms with E-state index in [1.54, 1.807) is 12.0 Å². The fourth-order valence-corrected chi connectivity index (χ4v) is 5.14. The number of nitrogens with one attached hydrogen (secondary N) is 1. The molecule has 2 aliphatic rings. The Kier molecular flexibility index (Phi) is 7.35. The monoisotopic (exact) mass is 486 g/mol. The van der Waals surface area contributed by atoms with Gasteiger partial charge in [0.25, 0.3) is 5.91 Å². The van der Waals surface area contributed by atoms with Gasteiger partial charge in [0.2, 0.25) is 5.91 Å². The molecule has 1 aliphatic heterocycles. The molecule has 2 amide bonds. The lowest BCUT2D eigenvalue weighted by Gasteiger charge is -2.27. The number of carbonyl (C=O) groups is 2. The fraction of sp³-hybridized carbons (Fsp3) is 0.414. The van der Waals surface area contributed by atoms with Crippen LogP contribution in [0.5, 0.6) is 5.75 Å².